The Balaban J connectivity index is 1.88. The first kappa shape index (κ1) is 13.5. The average molecular weight is 253 g/mol. The van der Waals surface area contributed by atoms with Gasteiger partial charge in [-0.05, 0) is 43.5 Å². The van der Waals surface area contributed by atoms with Crippen LogP contribution in [0.15, 0.2) is 24.3 Å². The highest BCUT2D eigenvalue weighted by atomic mass is 19.1. The molecule has 1 aliphatic rings. The molecule has 100 valence electrons. The summed E-state index contributed by atoms with van der Waals surface area (Å²) in [5, 5.41) is 19.6. The lowest BCUT2D eigenvalue weighted by Crippen LogP contribution is -2.28. The first-order valence-electron chi connectivity index (χ1n) is 6.40. The fourth-order valence-electron chi connectivity index (χ4n) is 2.46. The number of rotatable bonds is 4. The van der Waals surface area contributed by atoms with Gasteiger partial charge in [0.25, 0.3) is 0 Å². The minimum atomic E-state index is -0.599. The molecule has 1 heterocycles. The molecule has 1 aromatic rings. The van der Waals surface area contributed by atoms with Crippen LogP contribution in [0.25, 0.3) is 0 Å². The first-order chi connectivity index (χ1) is 8.56. The second-order valence-corrected chi connectivity index (χ2v) is 5.12. The molecular weight excluding hydrogens is 233 g/mol. The summed E-state index contributed by atoms with van der Waals surface area (Å²) in [6.07, 6.45) is 0.0738. The minimum absolute atomic E-state index is 0.290. The summed E-state index contributed by atoms with van der Waals surface area (Å²) in [5.74, 6) is 0.00621. The van der Waals surface area contributed by atoms with Crippen LogP contribution in [0.4, 0.5) is 4.39 Å². The molecule has 18 heavy (non-hydrogen) atoms. The maximum Gasteiger partial charge on any atom is 0.123 e. The standard InChI is InChI=1S/C14H20FNO2/c1-10(17)12-6-7-16(8-12)9-14(18)11-2-4-13(15)5-3-11/h2-5,10,12,14,17-18H,6-9H2,1H3. The lowest BCUT2D eigenvalue weighted by atomic mass is 10.0. The number of aliphatic hydroxyl groups excluding tert-OH is 2. The van der Waals surface area contributed by atoms with E-state index in [2.05, 4.69) is 4.90 Å². The van der Waals surface area contributed by atoms with E-state index in [1.165, 1.54) is 12.1 Å². The molecule has 0 bridgehead atoms. The smallest absolute Gasteiger partial charge is 0.123 e. The van der Waals surface area contributed by atoms with Gasteiger partial charge in [-0.2, -0.15) is 0 Å². The lowest BCUT2D eigenvalue weighted by Gasteiger charge is -2.21. The maximum atomic E-state index is 12.8. The molecule has 1 saturated heterocycles. The number of halogens is 1. The van der Waals surface area contributed by atoms with Crippen molar-refractivity contribution in [2.75, 3.05) is 19.6 Å². The summed E-state index contributed by atoms with van der Waals surface area (Å²) < 4.78 is 12.8. The lowest BCUT2D eigenvalue weighted by molar-refractivity contribution is 0.104. The second-order valence-electron chi connectivity index (χ2n) is 5.12. The molecule has 0 radical (unpaired) electrons. The Kier molecular flexibility index (Phi) is 4.32. The van der Waals surface area contributed by atoms with Crippen molar-refractivity contribution >= 4 is 0 Å². The summed E-state index contributed by atoms with van der Waals surface area (Å²) in [4.78, 5) is 2.14. The van der Waals surface area contributed by atoms with Crippen molar-refractivity contribution < 1.29 is 14.6 Å². The Labute approximate surface area is 107 Å². The monoisotopic (exact) mass is 253 g/mol. The van der Waals surface area contributed by atoms with Crippen LogP contribution in [-0.4, -0.2) is 40.9 Å². The molecule has 1 aliphatic heterocycles. The van der Waals surface area contributed by atoms with Crippen molar-refractivity contribution in [3.8, 4) is 0 Å². The zero-order valence-electron chi connectivity index (χ0n) is 10.6. The number of hydrogen-bond donors (Lipinski definition) is 2. The number of β-amino-alcohol motifs (C(OH)–C–C–N with tert-alkyl or cyclic N) is 1. The van der Waals surface area contributed by atoms with E-state index in [4.69, 9.17) is 0 Å². The molecule has 0 spiro atoms. The van der Waals surface area contributed by atoms with E-state index in [0.29, 0.717) is 12.5 Å². The molecule has 0 amide bonds. The van der Waals surface area contributed by atoms with Crippen molar-refractivity contribution in [1.82, 2.24) is 4.90 Å². The van der Waals surface area contributed by atoms with Crippen molar-refractivity contribution in [2.45, 2.75) is 25.6 Å². The SMILES string of the molecule is CC(O)C1CCN(CC(O)c2ccc(F)cc2)C1. The largest absolute Gasteiger partial charge is 0.393 e. The van der Waals surface area contributed by atoms with E-state index in [-0.39, 0.29) is 11.9 Å². The molecule has 3 unspecified atom stereocenters. The number of benzene rings is 1. The van der Waals surface area contributed by atoms with E-state index in [0.717, 1.165) is 25.1 Å². The van der Waals surface area contributed by atoms with Gasteiger partial charge >= 0.3 is 0 Å². The Morgan fingerprint density at radius 2 is 2.00 bits per heavy atom. The molecule has 4 heteroatoms. The third-order valence-electron chi connectivity index (χ3n) is 3.68. The molecular formula is C14H20FNO2. The molecule has 2 rings (SSSR count). The van der Waals surface area contributed by atoms with Gasteiger partial charge in [0.2, 0.25) is 0 Å². The van der Waals surface area contributed by atoms with Crippen LogP contribution >= 0.6 is 0 Å². The van der Waals surface area contributed by atoms with Crippen LogP contribution in [0.3, 0.4) is 0 Å². The van der Waals surface area contributed by atoms with Gasteiger partial charge in [-0.25, -0.2) is 4.39 Å². The minimum Gasteiger partial charge on any atom is -0.393 e. The predicted molar refractivity (Wildman–Crippen MR) is 67.6 cm³/mol. The molecule has 0 saturated carbocycles. The molecule has 1 fully saturated rings. The van der Waals surface area contributed by atoms with Crippen LogP contribution < -0.4 is 0 Å². The third kappa shape index (κ3) is 3.28. The highest BCUT2D eigenvalue weighted by Crippen LogP contribution is 2.22. The normalized spacial score (nSPS) is 24.1. The Morgan fingerprint density at radius 3 is 2.56 bits per heavy atom. The first-order valence-corrected chi connectivity index (χ1v) is 6.40. The van der Waals surface area contributed by atoms with Gasteiger partial charge in [-0.3, -0.25) is 0 Å². The van der Waals surface area contributed by atoms with Gasteiger partial charge in [0.05, 0.1) is 12.2 Å². The number of likely N-dealkylation sites (tertiary alicyclic amines) is 1. The molecule has 3 nitrogen and oxygen atoms in total. The number of aliphatic hydroxyl groups is 2. The van der Waals surface area contributed by atoms with Gasteiger partial charge in [-0.15, -0.1) is 0 Å². The summed E-state index contributed by atoms with van der Waals surface area (Å²) in [6, 6.07) is 5.95. The average Bonchev–Trinajstić information content (AvgIpc) is 2.78. The molecule has 1 aromatic carbocycles. The summed E-state index contributed by atoms with van der Waals surface area (Å²) >= 11 is 0. The van der Waals surface area contributed by atoms with Crippen LogP contribution in [0, 0.1) is 11.7 Å². The Bertz CT molecular complexity index is 380. The van der Waals surface area contributed by atoms with E-state index in [1.54, 1.807) is 12.1 Å². The number of nitrogens with zero attached hydrogens (tertiary/aromatic N) is 1. The van der Waals surface area contributed by atoms with E-state index in [9.17, 15) is 14.6 Å². The van der Waals surface area contributed by atoms with Crippen LogP contribution in [-0.2, 0) is 0 Å². The van der Waals surface area contributed by atoms with Gasteiger partial charge in [-0.1, -0.05) is 12.1 Å². The zero-order valence-corrected chi connectivity index (χ0v) is 10.6. The number of hydrogen-bond acceptors (Lipinski definition) is 3. The highest BCUT2D eigenvalue weighted by Gasteiger charge is 2.27. The Hall–Kier alpha value is -0.970. The van der Waals surface area contributed by atoms with Gasteiger partial charge in [0, 0.05) is 13.1 Å². The highest BCUT2D eigenvalue weighted by molar-refractivity contribution is 5.18. The van der Waals surface area contributed by atoms with Crippen molar-refractivity contribution in [3.05, 3.63) is 35.6 Å². The molecule has 3 atom stereocenters. The van der Waals surface area contributed by atoms with E-state index >= 15 is 0 Å². The van der Waals surface area contributed by atoms with Crippen LogP contribution in [0.2, 0.25) is 0 Å². The van der Waals surface area contributed by atoms with Crippen molar-refractivity contribution in [2.24, 2.45) is 5.92 Å². The predicted octanol–water partition coefficient (Wildman–Crippen LogP) is 1.56. The fraction of sp³-hybridized carbons (Fsp3) is 0.571. The van der Waals surface area contributed by atoms with Gasteiger partial charge < -0.3 is 15.1 Å². The molecule has 0 aromatic heterocycles. The summed E-state index contributed by atoms with van der Waals surface area (Å²) in [5.41, 5.74) is 0.733. The quantitative estimate of drug-likeness (QED) is 0.856. The van der Waals surface area contributed by atoms with Crippen LogP contribution in [0.1, 0.15) is 25.0 Å². The summed E-state index contributed by atoms with van der Waals surface area (Å²) in [7, 11) is 0. The van der Waals surface area contributed by atoms with Crippen molar-refractivity contribution in [3.63, 3.8) is 0 Å². The maximum absolute atomic E-state index is 12.8. The van der Waals surface area contributed by atoms with E-state index < -0.39 is 6.10 Å². The van der Waals surface area contributed by atoms with E-state index in [1.807, 2.05) is 6.92 Å². The van der Waals surface area contributed by atoms with Crippen molar-refractivity contribution in [1.29, 1.82) is 0 Å². The third-order valence-corrected chi connectivity index (χ3v) is 3.68. The van der Waals surface area contributed by atoms with Gasteiger partial charge in [0.1, 0.15) is 5.82 Å². The topological polar surface area (TPSA) is 43.7 Å². The summed E-state index contributed by atoms with van der Waals surface area (Å²) in [6.45, 7) is 4.06. The zero-order chi connectivity index (χ0) is 13.1. The Morgan fingerprint density at radius 1 is 1.33 bits per heavy atom. The fourth-order valence-corrected chi connectivity index (χ4v) is 2.46. The molecule has 2 N–H and O–H groups in total. The second kappa shape index (κ2) is 5.78. The molecule has 0 aliphatic carbocycles. The van der Waals surface area contributed by atoms with Gasteiger partial charge in [0.15, 0.2) is 0 Å². The van der Waals surface area contributed by atoms with Crippen LogP contribution in [0.5, 0.6) is 0 Å².